The fraction of sp³-hybridized carbons (Fsp3) is 0.261. The largest absolute Gasteiger partial charge is 0.366 e. The van der Waals surface area contributed by atoms with Crippen LogP contribution in [0.15, 0.2) is 54.2 Å². The number of nitrogens with two attached hydrogens (primary N) is 1. The molecule has 0 atom stereocenters. The molecule has 152 valence electrons. The third-order valence-electron chi connectivity index (χ3n) is 5.86. The van der Waals surface area contributed by atoms with E-state index in [1.165, 1.54) is 10.9 Å². The molecular formula is C23H23N5OS. The number of carbonyl (C=O) groups excluding carboxylic acids is 1. The Kier molecular flexibility index (Phi) is 5.06. The summed E-state index contributed by atoms with van der Waals surface area (Å²) < 4.78 is 0. The standard InChI is InChI=1S/C23H23N5OS/c24-21(29)16-3-5-17(6-4-16)23-27-18(14-30-23)13-28-10-7-15(8-11-28)20-12-26-22-19(20)2-1-9-25-22/h1-6,9,12,14-15H,7-8,10-11,13H2,(H2,24,29)(H,25,26). The van der Waals surface area contributed by atoms with Crippen molar-refractivity contribution in [3.05, 3.63) is 71.0 Å². The lowest BCUT2D eigenvalue weighted by Gasteiger charge is -2.31. The van der Waals surface area contributed by atoms with Crippen LogP contribution in [0.2, 0.25) is 0 Å². The van der Waals surface area contributed by atoms with Crippen LogP contribution < -0.4 is 5.73 Å². The van der Waals surface area contributed by atoms with Crippen molar-refractivity contribution in [1.82, 2.24) is 19.9 Å². The van der Waals surface area contributed by atoms with E-state index in [4.69, 9.17) is 10.7 Å². The first-order valence-electron chi connectivity index (χ1n) is 10.2. The fourth-order valence-corrected chi connectivity index (χ4v) is 5.05. The van der Waals surface area contributed by atoms with Crippen molar-refractivity contribution in [1.29, 1.82) is 0 Å². The second-order valence-electron chi connectivity index (χ2n) is 7.78. The Balaban J connectivity index is 1.21. The number of hydrogen-bond acceptors (Lipinski definition) is 5. The van der Waals surface area contributed by atoms with Crippen LogP contribution >= 0.6 is 11.3 Å². The molecule has 6 nitrogen and oxygen atoms in total. The minimum absolute atomic E-state index is 0.409. The fourth-order valence-electron chi connectivity index (χ4n) is 4.24. The van der Waals surface area contributed by atoms with Crippen molar-refractivity contribution in [2.75, 3.05) is 13.1 Å². The molecule has 0 bridgehead atoms. The van der Waals surface area contributed by atoms with Crippen LogP contribution in [0, 0.1) is 0 Å². The number of H-pyrrole nitrogens is 1. The van der Waals surface area contributed by atoms with E-state index in [-0.39, 0.29) is 0 Å². The summed E-state index contributed by atoms with van der Waals surface area (Å²) in [6.45, 7) is 3.01. The Morgan fingerprint density at radius 1 is 1.20 bits per heavy atom. The number of nitrogens with zero attached hydrogens (tertiary/aromatic N) is 3. The third-order valence-corrected chi connectivity index (χ3v) is 6.80. The summed E-state index contributed by atoms with van der Waals surface area (Å²) in [7, 11) is 0. The molecule has 4 aromatic rings. The number of carbonyl (C=O) groups is 1. The number of amides is 1. The molecule has 0 spiro atoms. The molecule has 1 aliphatic heterocycles. The molecule has 1 amide bonds. The van der Waals surface area contributed by atoms with Gasteiger partial charge >= 0.3 is 0 Å². The van der Waals surface area contributed by atoms with E-state index in [1.54, 1.807) is 23.5 Å². The van der Waals surface area contributed by atoms with E-state index < -0.39 is 5.91 Å². The van der Waals surface area contributed by atoms with Crippen molar-refractivity contribution >= 4 is 28.3 Å². The van der Waals surface area contributed by atoms with Gasteiger partial charge in [0.2, 0.25) is 5.91 Å². The molecule has 7 heteroatoms. The predicted octanol–water partition coefficient (Wildman–Crippen LogP) is 4.16. The maximum Gasteiger partial charge on any atom is 0.248 e. The van der Waals surface area contributed by atoms with E-state index in [0.29, 0.717) is 11.5 Å². The molecule has 0 saturated carbocycles. The van der Waals surface area contributed by atoms with Crippen LogP contribution in [0.5, 0.6) is 0 Å². The third kappa shape index (κ3) is 3.74. The highest BCUT2D eigenvalue weighted by Gasteiger charge is 2.23. The van der Waals surface area contributed by atoms with Gasteiger partial charge in [-0.05, 0) is 61.7 Å². The Morgan fingerprint density at radius 2 is 2.00 bits per heavy atom. The molecular weight excluding hydrogens is 394 g/mol. The lowest BCUT2D eigenvalue weighted by Crippen LogP contribution is -2.32. The molecule has 0 unspecified atom stereocenters. The number of primary amides is 1. The Hall–Kier alpha value is -3.03. The van der Waals surface area contributed by atoms with Gasteiger partial charge in [0.15, 0.2) is 0 Å². The van der Waals surface area contributed by atoms with Crippen molar-refractivity contribution in [2.45, 2.75) is 25.3 Å². The second kappa shape index (κ2) is 8.01. The first-order valence-corrected chi connectivity index (χ1v) is 11.0. The zero-order chi connectivity index (χ0) is 20.5. The number of fused-ring (bicyclic) bond motifs is 1. The summed E-state index contributed by atoms with van der Waals surface area (Å²) in [6, 6.07) is 11.5. The van der Waals surface area contributed by atoms with Crippen LogP contribution in [-0.2, 0) is 6.54 Å². The summed E-state index contributed by atoms with van der Waals surface area (Å²) in [5.41, 5.74) is 10.3. The van der Waals surface area contributed by atoms with Gasteiger partial charge in [0.05, 0.1) is 5.69 Å². The highest BCUT2D eigenvalue weighted by molar-refractivity contribution is 7.13. The molecule has 0 aliphatic carbocycles. The number of nitrogens with one attached hydrogen (secondary N) is 1. The number of aromatic nitrogens is 3. The van der Waals surface area contributed by atoms with Crippen molar-refractivity contribution in [3.63, 3.8) is 0 Å². The van der Waals surface area contributed by atoms with Crippen molar-refractivity contribution in [3.8, 4) is 10.6 Å². The van der Waals surface area contributed by atoms with E-state index in [0.717, 1.165) is 54.4 Å². The molecule has 1 aliphatic rings. The van der Waals surface area contributed by atoms with E-state index in [2.05, 4.69) is 32.5 Å². The van der Waals surface area contributed by atoms with Gasteiger partial charge in [-0.3, -0.25) is 9.69 Å². The van der Waals surface area contributed by atoms with E-state index in [9.17, 15) is 4.79 Å². The number of thiazole rings is 1. The number of likely N-dealkylation sites (tertiary alicyclic amines) is 1. The van der Waals surface area contributed by atoms with Gasteiger partial charge in [0, 0.05) is 40.8 Å². The zero-order valence-corrected chi connectivity index (χ0v) is 17.4. The van der Waals surface area contributed by atoms with E-state index in [1.807, 2.05) is 24.4 Å². The Morgan fingerprint density at radius 3 is 2.77 bits per heavy atom. The SMILES string of the molecule is NC(=O)c1ccc(-c2nc(CN3CCC(c4c[nH]c5ncccc45)CC3)cs2)cc1. The smallest absolute Gasteiger partial charge is 0.248 e. The highest BCUT2D eigenvalue weighted by atomic mass is 32.1. The summed E-state index contributed by atoms with van der Waals surface area (Å²) in [6.07, 6.45) is 6.26. The van der Waals surface area contributed by atoms with Crippen molar-refractivity contribution in [2.24, 2.45) is 5.73 Å². The molecule has 3 N–H and O–H groups in total. The van der Waals surface area contributed by atoms with Gasteiger partial charge in [-0.1, -0.05) is 12.1 Å². The van der Waals surface area contributed by atoms with Gasteiger partial charge in [-0.2, -0.15) is 0 Å². The summed E-state index contributed by atoms with van der Waals surface area (Å²) in [4.78, 5) is 26.2. The topological polar surface area (TPSA) is 87.9 Å². The van der Waals surface area contributed by atoms with E-state index >= 15 is 0 Å². The molecule has 30 heavy (non-hydrogen) atoms. The Bertz CT molecular complexity index is 1170. The molecule has 1 aromatic carbocycles. The first kappa shape index (κ1) is 19.0. The Labute approximate surface area is 178 Å². The maximum atomic E-state index is 11.2. The number of rotatable bonds is 5. The normalized spacial score (nSPS) is 15.6. The zero-order valence-electron chi connectivity index (χ0n) is 16.5. The number of pyridine rings is 1. The second-order valence-corrected chi connectivity index (χ2v) is 8.64. The van der Waals surface area contributed by atoms with Gasteiger partial charge in [0.25, 0.3) is 0 Å². The van der Waals surface area contributed by atoms with Crippen LogP contribution in [0.4, 0.5) is 0 Å². The van der Waals surface area contributed by atoms with Gasteiger partial charge < -0.3 is 10.7 Å². The van der Waals surface area contributed by atoms with Gasteiger partial charge in [-0.25, -0.2) is 9.97 Å². The molecule has 3 aromatic heterocycles. The number of aromatic amines is 1. The summed E-state index contributed by atoms with van der Waals surface area (Å²) in [5, 5.41) is 4.36. The molecule has 1 saturated heterocycles. The quantitative estimate of drug-likeness (QED) is 0.510. The average Bonchev–Trinajstić information content (AvgIpc) is 3.42. The monoisotopic (exact) mass is 417 g/mol. The number of piperidine rings is 1. The molecule has 4 heterocycles. The van der Waals surface area contributed by atoms with Crippen molar-refractivity contribution < 1.29 is 4.79 Å². The first-order chi connectivity index (χ1) is 14.7. The van der Waals surface area contributed by atoms with Gasteiger partial charge in [-0.15, -0.1) is 11.3 Å². The minimum atomic E-state index is -0.409. The average molecular weight is 418 g/mol. The molecule has 5 rings (SSSR count). The summed E-state index contributed by atoms with van der Waals surface area (Å²) >= 11 is 1.64. The van der Waals surface area contributed by atoms with Crippen LogP contribution in [0.25, 0.3) is 21.6 Å². The molecule has 0 radical (unpaired) electrons. The minimum Gasteiger partial charge on any atom is -0.366 e. The molecule has 1 fully saturated rings. The van der Waals surface area contributed by atoms with Crippen LogP contribution in [0.1, 0.15) is 40.4 Å². The number of benzene rings is 1. The highest BCUT2D eigenvalue weighted by Crippen LogP contribution is 2.33. The van der Waals surface area contributed by atoms with Crippen LogP contribution in [-0.4, -0.2) is 38.8 Å². The maximum absolute atomic E-state index is 11.2. The number of hydrogen-bond donors (Lipinski definition) is 2. The van der Waals surface area contributed by atoms with Gasteiger partial charge in [0.1, 0.15) is 10.7 Å². The summed E-state index contributed by atoms with van der Waals surface area (Å²) in [5.74, 6) is 0.169. The van der Waals surface area contributed by atoms with Crippen LogP contribution in [0.3, 0.4) is 0 Å². The lowest BCUT2D eigenvalue weighted by molar-refractivity contribution is 0.100. The lowest BCUT2D eigenvalue weighted by atomic mass is 9.89. The predicted molar refractivity (Wildman–Crippen MR) is 119 cm³/mol.